The van der Waals surface area contributed by atoms with Crippen LogP contribution in [0.3, 0.4) is 0 Å². The minimum absolute atomic E-state index is 0.0142. The Balaban J connectivity index is 1.27. The highest BCUT2D eigenvalue weighted by molar-refractivity contribution is 5.83. The lowest BCUT2D eigenvalue weighted by Gasteiger charge is -2.53. The molecule has 0 unspecified atom stereocenters. The molecule has 0 aromatic heterocycles. The van der Waals surface area contributed by atoms with Crippen LogP contribution in [0, 0.1) is 35.5 Å². The number of hydrogen-bond donors (Lipinski definition) is 1. The Bertz CT molecular complexity index is 967. The molecular formula is C29H39NO5. The van der Waals surface area contributed by atoms with Gasteiger partial charge in [-0.15, -0.1) is 0 Å². The summed E-state index contributed by atoms with van der Waals surface area (Å²) in [7, 11) is 1.74. The quantitative estimate of drug-likeness (QED) is 0.684. The van der Waals surface area contributed by atoms with Gasteiger partial charge in [0, 0.05) is 37.5 Å². The molecule has 1 saturated heterocycles. The van der Waals surface area contributed by atoms with Crippen molar-refractivity contribution in [2.45, 2.75) is 88.7 Å². The van der Waals surface area contributed by atoms with Crippen LogP contribution in [0.25, 0.3) is 0 Å². The van der Waals surface area contributed by atoms with Gasteiger partial charge in [-0.3, -0.25) is 4.79 Å². The second-order valence-corrected chi connectivity index (χ2v) is 12.0. The normalized spacial score (nSPS) is 44.3. The Morgan fingerprint density at radius 3 is 2.71 bits per heavy atom. The minimum atomic E-state index is -0.864. The number of Topliss-reactive ketones (excluding diaryl/α,β-unsaturated/α-hetero) is 1. The molecule has 1 aromatic rings. The maximum Gasteiger partial charge on any atom is 0.410 e. The number of hydrogen-bond acceptors (Lipinski definition) is 5. The molecule has 10 atom stereocenters. The summed E-state index contributed by atoms with van der Waals surface area (Å²) in [5.41, 5.74) is 0.113. The number of ether oxygens (including phenoxy) is 2. The molecule has 1 aromatic carbocycles. The molecule has 6 heteroatoms. The van der Waals surface area contributed by atoms with E-state index in [0.717, 1.165) is 50.5 Å². The fraction of sp³-hybridized carbons (Fsp3) is 0.724. The number of benzene rings is 1. The lowest BCUT2D eigenvalue weighted by atomic mass is 9.58. The highest BCUT2D eigenvalue weighted by atomic mass is 16.6. The summed E-state index contributed by atoms with van der Waals surface area (Å²) in [4.78, 5) is 28.8. The van der Waals surface area contributed by atoms with Crippen LogP contribution in [0.1, 0.15) is 63.9 Å². The van der Waals surface area contributed by atoms with Crippen LogP contribution in [0.4, 0.5) is 4.79 Å². The maximum atomic E-state index is 13.4. The van der Waals surface area contributed by atoms with Crippen LogP contribution in [-0.4, -0.2) is 52.8 Å². The molecule has 1 heterocycles. The number of piperidine rings is 1. The van der Waals surface area contributed by atoms with Gasteiger partial charge in [-0.25, -0.2) is 4.79 Å². The van der Waals surface area contributed by atoms with Crippen LogP contribution in [0.5, 0.6) is 0 Å². The van der Waals surface area contributed by atoms with Gasteiger partial charge in [0.25, 0.3) is 0 Å². The first-order valence-corrected chi connectivity index (χ1v) is 13.7. The van der Waals surface area contributed by atoms with E-state index < -0.39 is 5.60 Å². The Morgan fingerprint density at radius 1 is 1.14 bits per heavy atom. The Kier molecular flexibility index (Phi) is 5.96. The third kappa shape index (κ3) is 3.66. The molecule has 1 N–H and O–H groups in total. The van der Waals surface area contributed by atoms with Gasteiger partial charge < -0.3 is 19.5 Å². The summed E-state index contributed by atoms with van der Waals surface area (Å²) < 4.78 is 11.6. The van der Waals surface area contributed by atoms with E-state index in [4.69, 9.17) is 9.47 Å². The number of likely N-dealkylation sites (tertiary alicyclic amines) is 1. The van der Waals surface area contributed by atoms with Crippen LogP contribution in [-0.2, 0) is 20.9 Å². The summed E-state index contributed by atoms with van der Waals surface area (Å²) in [6.07, 6.45) is 6.77. The minimum Gasteiger partial charge on any atom is -0.445 e. The zero-order valence-corrected chi connectivity index (χ0v) is 21.0. The van der Waals surface area contributed by atoms with Crippen molar-refractivity contribution in [2.75, 3.05) is 7.11 Å². The first-order valence-electron chi connectivity index (χ1n) is 13.7. The van der Waals surface area contributed by atoms with Gasteiger partial charge in [-0.05, 0) is 74.7 Å². The number of amides is 1. The summed E-state index contributed by atoms with van der Waals surface area (Å²) in [6, 6.07) is 9.86. The van der Waals surface area contributed by atoms with Crippen molar-refractivity contribution in [3.05, 3.63) is 35.9 Å². The van der Waals surface area contributed by atoms with Crippen molar-refractivity contribution in [1.82, 2.24) is 4.90 Å². The van der Waals surface area contributed by atoms with E-state index in [0.29, 0.717) is 30.0 Å². The summed E-state index contributed by atoms with van der Waals surface area (Å²) in [5, 5.41) is 12.3. The van der Waals surface area contributed by atoms with Crippen LogP contribution >= 0.6 is 0 Å². The number of methoxy groups -OCH3 is 1. The van der Waals surface area contributed by atoms with Crippen molar-refractivity contribution in [3.8, 4) is 0 Å². The summed E-state index contributed by atoms with van der Waals surface area (Å²) >= 11 is 0. The highest BCUT2D eigenvalue weighted by Gasteiger charge is 2.68. The van der Waals surface area contributed by atoms with Crippen molar-refractivity contribution >= 4 is 11.9 Å². The topological polar surface area (TPSA) is 76.1 Å². The molecular weight excluding hydrogens is 442 g/mol. The van der Waals surface area contributed by atoms with Crippen molar-refractivity contribution in [1.29, 1.82) is 0 Å². The van der Waals surface area contributed by atoms with Gasteiger partial charge in [0.15, 0.2) is 0 Å². The number of fused-ring (bicyclic) bond motifs is 9. The van der Waals surface area contributed by atoms with Gasteiger partial charge in [0.1, 0.15) is 12.4 Å². The molecule has 4 aliphatic carbocycles. The molecule has 6 nitrogen and oxygen atoms in total. The van der Waals surface area contributed by atoms with Gasteiger partial charge in [-0.2, -0.15) is 0 Å². The zero-order chi connectivity index (χ0) is 24.3. The van der Waals surface area contributed by atoms with E-state index in [-0.39, 0.29) is 48.6 Å². The van der Waals surface area contributed by atoms with Gasteiger partial charge in [0.2, 0.25) is 0 Å². The average Bonchev–Trinajstić information content (AvgIpc) is 3.09. The maximum absolute atomic E-state index is 13.4. The number of nitrogens with zero attached hydrogens (tertiary/aromatic N) is 1. The molecule has 5 aliphatic rings. The monoisotopic (exact) mass is 481 g/mol. The molecule has 5 fully saturated rings. The third-order valence-corrected chi connectivity index (χ3v) is 10.5. The molecule has 1 amide bonds. The predicted molar refractivity (Wildman–Crippen MR) is 130 cm³/mol. The van der Waals surface area contributed by atoms with Crippen molar-refractivity contribution in [2.24, 2.45) is 35.5 Å². The second kappa shape index (κ2) is 8.88. The van der Waals surface area contributed by atoms with Gasteiger partial charge >= 0.3 is 6.09 Å². The van der Waals surface area contributed by atoms with Crippen molar-refractivity contribution in [3.63, 3.8) is 0 Å². The predicted octanol–water partition coefficient (Wildman–Crippen LogP) is 4.58. The van der Waals surface area contributed by atoms with E-state index in [1.54, 1.807) is 7.11 Å². The molecule has 4 saturated carbocycles. The highest BCUT2D eigenvalue weighted by Crippen LogP contribution is 2.65. The molecule has 35 heavy (non-hydrogen) atoms. The first kappa shape index (κ1) is 23.5. The number of carbonyl (C=O) groups is 2. The summed E-state index contributed by atoms with van der Waals surface area (Å²) in [5.74, 6) is 1.30. The SMILES string of the molecule is CO[C@H]1CCC[C@@H]2[C@@H]1C(=O)C[C@H]1[C@H]2[C@H]2C[C@H]3[C@@H](CC[C@H](C)N3C(=O)OCc3ccccc3)[C@]1(O)C2. The standard InChI is InChI=1S/C29H39NO5/c1-17-11-12-21-23(30(17)28(32)35-16-18-7-4-3-5-8-18)13-19-15-29(21,33)22-14-24(31)27-20(26(19)22)9-6-10-25(27)34-2/h3-5,7-8,17,19-23,25-27,33H,6,9-16H2,1-2H3/t17-,19-,20-,21+,22-,23-,25-,26-,27+,29+/m0/s1. The molecule has 2 bridgehead atoms. The fourth-order valence-corrected chi connectivity index (χ4v) is 9.23. The number of carbonyl (C=O) groups excluding carboxylic acids is 2. The number of rotatable bonds is 3. The Hall–Kier alpha value is -1.92. The largest absolute Gasteiger partial charge is 0.445 e. The average molecular weight is 482 g/mol. The Labute approximate surface area is 208 Å². The van der Waals surface area contributed by atoms with E-state index in [1.807, 2.05) is 35.2 Å². The van der Waals surface area contributed by atoms with E-state index in [9.17, 15) is 14.7 Å². The van der Waals surface area contributed by atoms with E-state index in [2.05, 4.69) is 6.92 Å². The summed E-state index contributed by atoms with van der Waals surface area (Å²) in [6.45, 7) is 2.37. The lowest BCUT2D eigenvalue weighted by Crippen LogP contribution is -2.62. The van der Waals surface area contributed by atoms with Crippen molar-refractivity contribution < 1.29 is 24.2 Å². The van der Waals surface area contributed by atoms with E-state index in [1.165, 1.54) is 0 Å². The number of aliphatic hydroxyl groups is 1. The zero-order valence-electron chi connectivity index (χ0n) is 21.0. The van der Waals surface area contributed by atoms with E-state index >= 15 is 0 Å². The molecule has 0 radical (unpaired) electrons. The Morgan fingerprint density at radius 2 is 1.94 bits per heavy atom. The number of ketones is 1. The molecule has 0 spiro atoms. The molecule has 1 aliphatic heterocycles. The van der Waals surface area contributed by atoms with Crippen LogP contribution in [0.15, 0.2) is 30.3 Å². The van der Waals surface area contributed by atoms with Gasteiger partial charge in [0.05, 0.1) is 11.7 Å². The fourth-order valence-electron chi connectivity index (χ4n) is 9.23. The smallest absolute Gasteiger partial charge is 0.410 e. The van der Waals surface area contributed by atoms with Gasteiger partial charge in [-0.1, -0.05) is 36.8 Å². The first-order chi connectivity index (χ1) is 16.9. The molecule has 6 rings (SSSR count). The third-order valence-electron chi connectivity index (χ3n) is 10.5. The van der Waals surface area contributed by atoms with Crippen LogP contribution in [0.2, 0.25) is 0 Å². The van der Waals surface area contributed by atoms with Crippen LogP contribution < -0.4 is 0 Å². The lowest BCUT2D eigenvalue weighted by molar-refractivity contribution is -0.155. The second-order valence-electron chi connectivity index (χ2n) is 12.0. The molecule has 190 valence electrons.